The Hall–Kier alpha value is -1.69. The molecule has 0 saturated heterocycles. The molecule has 1 fully saturated rings. The number of hydrogen-bond donors (Lipinski definition) is 2. The second-order valence-electron chi connectivity index (χ2n) is 5.41. The van der Waals surface area contributed by atoms with E-state index < -0.39 is 5.92 Å². The van der Waals surface area contributed by atoms with E-state index in [1.54, 1.807) is 7.11 Å². The van der Waals surface area contributed by atoms with E-state index in [9.17, 15) is 8.78 Å². The van der Waals surface area contributed by atoms with Crippen LogP contribution >= 0.6 is 0 Å². The molecular formula is C15H21F2N3O. The lowest BCUT2D eigenvalue weighted by Crippen LogP contribution is -2.24. The van der Waals surface area contributed by atoms with Crippen molar-refractivity contribution in [2.75, 3.05) is 19.0 Å². The first kappa shape index (κ1) is 15.7. The molecule has 0 radical (unpaired) electrons. The lowest BCUT2D eigenvalue weighted by molar-refractivity contribution is 0.00542. The number of ether oxygens (including phenoxy) is 1. The summed E-state index contributed by atoms with van der Waals surface area (Å²) in [6.07, 6.45) is 0.366. The minimum absolute atomic E-state index is 0.0445. The molecule has 0 aromatic heterocycles. The number of methoxy groups -OCH3 is 1. The molecule has 0 amide bonds. The molecule has 21 heavy (non-hydrogen) atoms. The highest BCUT2D eigenvalue weighted by Crippen LogP contribution is 2.38. The summed E-state index contributed by atoms with van der Waals surface area (Å²) < 4.78 is 31.3. The van der Waals surface area contributed by atoms with E-state index in [4.69, 9.17) is 10.5 Å². The Morgan fingerprint density at radius 2 is 2.24 bits per heavy atom. The highest BCUT2D eigenvalue weighted by atomic mass is 19.3. The summed E-state index contributed by atoms with van der Waals surface area (Å²) in [7, 11) is 1.62. The summed E-state index contributed by atoms with van der Waals surface area (Å²) in [5.74, 6) is -2.38. The van der Waals surface area contributed by atoms with Crippen LogP contribution in [-0.4, -0.2) is 25.5 Å². The van der Waals surface area contributed by atoms with Gasteiger partial charge in [-0.1, -0.05) is 18.2 Å². The van der Waals surface area contributed by atoms with Crippen molar-refractivity contribution in [3.8, 4) is 0 Å². The van der Waals surface area contributed by atoms with Gasteiger partial charge in [0.25, 0.3) is 0 Å². The fourth-order valence-electron chi connectivity index (χ4n) is 2.53. The van der Waals surface area contributed by atoms with Crippen LogP contribution in [0.3, 0.4) is 0 Å². The lowest BCUT2D eigenvalue weighted by Gasteiger charge is -2.12. The Morgan fingerprint density at radius 1 is 1.48 bits per heavy atom. The average molecular weight is 297 g/mol. The summed E-state index contributed by atoms with van der Waals surface area (Å²) in [4.78, 5) is 4.18. The summed E-state index contributed by atoms with van der Waals surface area (Å²) in [6.45, 7) is 0.798. The third kappa shape index (κ3) is 4.67. The van der Waals surface area contributed by atoms with Crippen molar-refractivity contribution >= 4 is 11.6 Å². The van der Waals surface area contributed by atoms with Gasteiger partial charge in [-0.3, -0.25) is 4.99 Å². The van der Waals surface area contributed by atoms with E-state index in [0.717, 1.165) is 11.3 Å². The van der Waals surface area contributed by atoms with E-state index in [0.29, 0.717) is 19.6 Å². The van der Waals surface area contributed by atoms with Crippen molar-refractivity contribution in [1.29, 1.82) is 0 Å². The van der Waals surface area contributed by atoms with E-state index in [2.05, 4.69) is 10.3 Å². The maximum absolute atomic E-state index is 13.1. The zero-order chi connectivity index (χ0) is 15.3. The topological polar surface area (TPSA) is 59.6 Å². The Labute approximate surface area is 123 Å². The molecule has 6 heteroatoms. The number of halogens is 2. The average Bonchev–Trinajstić information content (AvgIpc) is 2.79. The van der Waals surface area contributed by atoms with E-state index >= 15 is 0 Å². The highest BCUT2D eigenvalue weighted by molar-refractivity contribution is 5.92. The molecule has 0 spiro atoms. The van der Waals surface area contributed by atoms with Gasteiger partial charge in [0.1, 0.15) is 0 Å². The molecule has 1 atom stereocenters. The molecule has 4 nitrogen and oxygen atoms in total. The Bertz CT molecular complexity index is 505. The monoisotopic (exact) mass is 297 g/mol. The molecule has 1 aromatic rings. The van der Waals surface area contributed by atoms with Crippen molar-refractivity contribution in [3.63, 3.8) is 0 Å². The third-order valence-electron chi connectivity index (χ3n) is 3.61. The predicted octanol–water partition coefficient (Wildman–Crippen LogP) is 3.00. The number of nitrogens with one attached hydrogen (secondary N) is 1. The number of aliphatic imine (C=N–C) groups is 1. The molecule has 3 N–H and O–H groups in total. The van der Waals surface area contributed by atoms with Crippen LogP contribution in [0.1, 0.15) is 24.8 Å². The first-order chi connectivity index (χ1) is 10.00. The van der Waals surface area contributed by atoms with E-state index in [-0.39, 0.29) is 24.7 Å². The van der Waals surface area contributed by atoms with Gasteiger partial charge in [-0.15, -0.1) is 0 Å². The standard InChI is InChI=1S/C15H21F2N3O/c1-21-10-12-4-2-3-5-13(12)20-14(18)19-9-11-6-7-15(16,17)8-11/h2-5,11H,6-10H2,1H3,(H3,18,19,20). The van der Waals surface area contributed by atoms with Crippen LogP contribution in [0.2, 0.25) is 0 Å². The first-order valence-corrected chi connectivity index (χ1v) is 7.02. The quantitative estimate of drug-likeness (QED) is 0.649. The number of guanidine groups is 1. The molecular weight excluding hydrogens is 276 g/mol. The number of nitrogens with zero attached hydrogens (tertiary/aromatic N) is 1. The summed E-state index contributed by atoms with van der Waals surface area (Å²) in [5, 5.41) is 3.00. The van der Waals surface area contributed by atoms with Crippen molar-refractivity contribution in [2.24, 2.45) is 16.6 Å². The lowest BCUT2D eigenvalue weighted by atomic mass is 10.1. The van der Waals surface area contributed by atoms with Gasteiger partial charge in [0.15, 0.2) is 5.96 Å². The normalized spacial score (nSPS) is 21.5. The van der Waals surface area contributed by atoms with Crippen LogP contribution in [0.4, 0.5) is 14.5 Å². The number of hydrogen-bond acceptors (Lipinski definition) is 2. The fraction of sp³-hybridized carbons (Fsp3) is 0.533. The number of benzene rings is 1. The van der Waals surface area contributed by atoms with Crippen LogP contribution in [0.15, 0.2) is 29.3 Å². The minimum Gasteiger partial charge on any atom is -0.380 e. The van der Waals surface area contributed by atoms with Gasteiger partial charge in [0.05, 0.1) is 6.61 Å². The summed E-state index contributed by atoms with van der Waals surface area (Å²) in [6, 6.07) is 7.59. The summed E-state index contributed by atoms with van der Waals surface area (Å²) in [5.41, 5.74) is 7.61. The SMILES string of the molecule is COCc1ccccc1NC(N)=NCC1CCC(F)(F)C1. The number of nitrogens with two attached hydrogens (primary N) is 1. The van der Waals surface area contributed by atoms with Crippen molar-refractivity contribution < 1.29 is 13.5 Å². The van der Waals surface area contributed by atoms with Crippen LogP contribution < -0.4 is 11.1 Å². The largest absolute Gasteiger partial charge is 0.380 e. The third-order valence-corrected chi connectivity index (χ3v) is 3.61. The second-order valence-corrected chi connectivity index (χ2v) is 5.41. The van der Waals surface area contributed by atoms with Gasteiger partial charge in [0.2, 0.25) is 5.92 Å². The van der Waals surface area contributed by atoms with Gasteiger partial charge in [-0.25, -0.2) is 8.78 Å². The van der Waals surface area contributed by atoms with Crippen LogP contribution in [-0.2, 0) is 11.3 Å². The highest BCUT2D eigenvalue weighted by Gasteiger charge is 2.39. The maximum Gasteiger partial charge on any atom is 0.248 e. The predicted molar refractivity (Wildman–Crippen MR) is 79.6 cm³/mol. The second kappa shape index (κ2) is 6.85. The zero-order valence-electron chi connectivity index (χ0n) is 12.1. The van der Waals surface area contributed by atoms with Gasteiger partial charge < -0.3 is 15.8 Å². The Balaban J connectivity index is 1.92. The fourth-order valence-corrected chi connectivity index (χ4v) is 2.53. The number of rotatable bonds is 5. The van der Waals surface area contributed by atoms with Crippen molar-refractivity contribution in [3.05, 3.63) is 29.8 Å². The zero-order valence-corrected chi connectivity index (χ0v) is 12.1. The van der Waals surface area contributed by atoms with Crippen LogP contribution in [0.25, 0.3) is 0 Å². The maximum atomic E-state index is 13.1. The molecule has 116 valence electrons. The van der Waals surface area contributed by atoms with Gasteiger partial charge in [-0.2, -0.15) is 0 Å². The molecule has 1 aromatic carbocycles. The van der Waals surface area contributed by atoms with Crippen LogP contribution in [0, 0.1) is 5.92 Å². The molecule has 2 rings (SSSR count). The smallest absolute Gasteiger partial charge is 0.248 e. The Morgan fingerprint density at radius 3 is 2.90 bits per heavy atom. The van der Waals surface area contributed by atoms with E-state index in [1.165, 1.54) is 0 Å². The molecule has 0 heterocycles. The van der Waals surface area contributed by atoms with Crippen molar-refractivity contribution in [1.82, 2.24) is 0 Å². The first-order valence-electron chi connectivity index (χ1n) is 7.02. The Kier molecular flexibility index (Phi) is 5.12. The van der Waals surface area contributed by atoms with Gasteiger partial charge in [0, 0.05) is 37.7 Å². The van der Waals surface area contributed by atoms with Gasteiger partial charge in [-0.05, 0) is 18.4 Å². The van der Waals surface area contributed by atoms with Gasteiger partial charge >= 0.3 is 0 Å². The summed E-state index contributed by atoms with van der Waals surface area (Å²) >= 11 is 0. The van der Waals surface area contributed by atoms with Crippen LogP contribution in [0.5, 0.6) is 0 Å². The molecule has 1 aliphatic rings. The molecule has 0 aliphatic heterocycles. The number of anilines is 1. The van der Waals surface area contributed by atoms with Crippen molar-refractivity contribution in [2.45, 2.75) is 31.8 Å². The minimum atomic E-state index is -2.53. The molecule has 1 unspecified atom stereocenters. The van der Waals surface area contributed by atoms with E-state index in [1.807, 2.05) is 24.3 Å². The molecule has 1 saturated carbocycles. The molecule has 1 aliphatic carbocycles. The molecule has 0 bridgehead atoms. The number of para-hydroxylation sites is 1. The number of alkyl halides is 2.